The van der Waals surface area contributed by atoms with Gasteiger partial charge in [0.15, 0.2) is 11.3 Å². The van der Waals surface area contributed by atoms with E-state index in [-0.39, 0.29) is 11.7 Å². The first-order valence-corrected chi connectivity index (χ1v) is 6.42. The molecule has 0 saturated carbocycles. The van der Waals surface area contributed by atoms with Crippen LogP contribution in [0.1, 0.15) is 24.2 Å². The van der Waals surface area contributed by atoms with Gasteiger partial charge in [-0.15, -0.1) is 0 Å². The maximum atomic E-state index is 11.4. The third-order valence-electron chi connectivity index (χ3n) is 3.08. The molecule has 4 nitrogen and oxygen atoms in total. The second-order valence-electron chi connectivity index (χ2n) is 4.89. The highest BCUT2D eigenvalue weighted by molar-refractivity contribution is 6.16. The van der Waals surface area contributed by atoms with Gasteiger partial charge in [-0.2, -0.15) is 0 Å². The van der Waals surface area contributed by atoms with Gasteiger partial charge in [0.2, 0.25) is 0 Å². The van der Waals surface area contributed by atoms with Gasteiger partial charge in [-0.05, 0) is 32.0 Å². The van der Waals surface area contributed by atoms with Crippen molar-refractivity contribution in [3.05, 3.63) is 42.0 Å². The molecular weight excluding hydrogens is 256 g/mol. The van der Waals surface area contributed by atoms with E-state index in [1.165, 1.54) is 0 Å². The number of ether oxygens (including phenoxy) is 1. The van der Waals surface area contributed by atoms with Crippen molar-refractivity contribution in [3.8, 4) is 5.75 Å². The van der Waals surface area contributed by atoms with Gasteiger partial charge in [-0.3, -0.25) is 0 Å². The van der Waals surface area contributed by atoms with Crippen LogP contribution in [0.25, 0.3) is 21.9 Å². The van der Waals surface area contributed by atoms with E-state index in [0.29, 0.717) is 22.3 Å². The third kappa shape index (κ3) is 1.90. The van der Waals surface area contributed by atoms with Gasteiger partial charge in [-0.1, -0.05) is 18.2 Å². The van der Waals surface area contributed by atoms with Crippen LogP contribution in [0.5, 0.6) is 5.75 Å². The van der Waals surface area contributed by atoms with E-state index in [0.717, 1.165) is 5.39 Å². The number of aromatic carboxylic acids is 1. The van der Waals surface area contributed by atoms with Gasteiger partial charge in [0.1, 0.15) is 5.58 Å². The van der Waals surface area contributed by atoms with E-state index in [4.69, 9.17) is 9.15 Å². The molecule has 2 aromatic carbocycles. The number of carboxylic acids is 1. The summed E-state index contributed by atoms with van der Waals surface area (Å²) < 4.78 is 11.5. The summed E-state index contributed by atoms with van der Waals surface area (Å²) in [5.74, 6) is -0.408. The first-order chi connectivity index (χ1) is 9.58. The van der Waals surface area contributed by atoms with Crippen molar-refractivity contribution >= 4 is 27.9 Å². The van der Waals surface area contributed by atoms with E-state index in [9.17, 15) is 9.90 Å². The lowest BCUT2D eigenvalue weighted by Gasteiger charge is -2.10. The van der Waals surface area contributed by atoms with Crippen LogP contribution < -0.4 is 4.74 Å². The molecule has 0 aliphatic heterocycles. The zero-order valence-corrected chi connectivity index (χ0v) is 11.2. The number of carbonyl (C=O) groups is 1. The molecule has 1 aromatic heterocycles. The van der Waals surface area contributed by atoms with E-state index in [1.807, 2.05) is 38.1 Å². The fraction of sp³-hybridized carbons (Fsp3) is 0.188. The quantitative estimate of drug-likeness (QED) is 0.779. The Labute approximate surface area is 115 Å². The predicted octanol–water partition coefficient (Wildman–Crippen LogP) is 4.07. The Hall–Kier alpha value is -2.49. The van der Waals surface area contributed by atoms with Crippen LogP contribution in [0.2, 0.25) is 0 Å². The van der Waals surface area contributed by atoms with Crippen molar-refractivity contribution in [1.29, 1.82) is 0 Å². The summed E-state index contributed by atoms with van der Waals surface area (Å²) in [6.45, 7) is 3.83. The zero-order valence-electron chi connectivity index (χ0n) is 11.2. The molecule has 0 unspecified atom stereocenters. The standard InChI is InChI=1S/C16H14O4/c1-9(2)19-13-8-7-11(16(17)18)14-10-5-3-4-6-12(10)20-15(13)14/h3-9H,1-2H3,(H,17,18). The van der Waals surface area contributed by atoms with Crippen molar-refractivity contribution in [2.24, 2.45) is 0 Å². The van der Waals surface area contributed by atoms with Crippen LogP contribution in [0, 0.1) is 0 Å². The molecule has 0 aliphatic carbocycles. The van der Waals surface area contributed by atoms with E-state index in [1.54, 1.807) is 12.1 Å². The van der Waals surface area contributed by atoms with Gasteiger partial charge < -0.3 is 14.3 Å². The molecule has 0 atom stereocenters. The Morgan fingerprint density at radius 3 is 2.65 bits per heavy atom. The van der Waals surface area contributed by atoms with Crippen molar-refractivity contribution in [1.82, 2.24) is 0 Å². The summed E-state index contributed by atoms with van der Waals surface area (Å²) >= 11 is 0. The molecule has 0 radical (unpaired) electrons. The number of benzene rings is 2. The van der Waals surface area contributed by atoms with Gasteiger partial charge in [0, 0.05) is 10.8 Å². The number of carboxylic acid groups (broad SMARTS) is 1. The molecule has 0 spiro atoms. The van der Waals surface area contributed by atoms with E-state index >= 15 is 0 Å². The Bertz CT molecular complexity index is 799. The highest BCUT2D eigenvalue weighted by Gasteiger charge is 2.19. The fourth-order valence-electron chi connectivity index (χ4n) is 2.33. The molecule has 102 valence electrons. The van der Waals surface area contributed by atoms with Crippen molar-refractivity contribution < 1.29 is 19.1 Å². The first kappa shape index (κ1) is 12.5. The Morgan fingerprint density at radius 1 is 1.20 bits per heavy atom. The predicted molar refractivity (Wildman–Crippen MR) is 76.4 cm³/mol. The number of furan rings is 1. The average Bonchev–Trinajstić information content (AvgIpc) is 2.78. The monoisotopic (exact) mass is 270 g/mol. The number of hydrogen-bond donors (Lipinski definition) is 1. The molecule has 1 heterocycles. The summed E-state index contributed by atoms with van der Waals surface area (Å²) in [5.41, 5.74) is 1.37. The van der Waals surface area contributed by atoms with E-state index < -0.39 is 5.97 Å². The smallest absolute Gasteiger partial charge is 0.336 e. The first-order valence-electron chi connectivity index (χ1n) is 6.42. The number of para-hydroxylation sites is 1. The lowest BCUT2D eigenvalue weighted by atomic mass is 10.1. The van der Waals surface area contributed by atoms with Gasteiger partial charge in [-0.25, -0.2) is 4.79 Å². The topological polar surface area (TPSA) is 59.7 Å². The highest BCUT2D eigenvalue weighted by Crippen LogP contribution is 2.37. The van der Waals surface area contributed by atoms with Crippen LogP contribution >= 0.6 is 0 Å². The minimum Gasteiger partial charge on any atom is -0.487 e. The van der Waals surface area contributed by atoms with Crippen LogP contribution in [0.4, 0.5) is 0 Å². The van der Waals surface area contributed by atoms with Gasteiger partial charge in [0.25, 0.3) is 0 Å². The molecule has 0 aliphatic rings. The van der Waals surface area contributed by atoms with Crippen molar-refractivity contribution in [3.63, 3.8) is 0 Å². The summed E-state index contributed by atoms with van der Waals surface area (Å²) in [7, 11) is 0. The second kappa shape index (κ2) is 4.56. The van der Waals surface area contributed by atoms with E-state index in [2.05, 4.69) is 0 Å². The zero-order chi connectivity index (χ0) is 14.3. The van der Waals surface area contributed by atoms with Crippen LogP contribution in [-0.4, -0.2) is 17.2 Å². The molecule has 0 amide bonds. The number of fused-ring (bicyclic) bond motifs is 3. The summed E-state index contributed by atoms with van der Waals surface area (Å²) in [6, 6.07) is 10.6. The van der Waals surface area contributed by atoms with Crippen molar-refractivity contribution in [2.45, 2.75) is 20.0 Å². The van der Waals surface area contributed by atoms with Crippen molar-refractivity contribution in [2.75, 3.05) is 0 Å². The number of rotatable bonds is 3. The highest BCUT2D eigenvalue weighted by atomic mass is 16.5. The summed E-state index contributed by atoms with van der Waals surface area (Å²) in [6.07, 6.45) is -0.0120. The van der Waals surface area contributed by atoms with Crippen LogP contribution in [0.3, 0.4) is 0 Å². The summed E-state index contributed by atoms with van der Waals surface area (Å²) in [5, 5.41) is 10.7. The molecule has 3 rings (SSSR count). The average molecular weight is 270 g/mol. The molecule has 0 bridgehead atoms. The molecule has 3 aromatic rings. The maximum Gasteiger partial charge on any atom is 0.336 e. The molecule has 4 heteroatoms. The molecule has 1 N–H and O–H groups in total. The molecule has 0 saturated heterocycles. The maximum absolute atomic E-state index is 11.4. The normalized spacial score (nSPS) is 11.3. The van der Waals surface area contributed by atoms with Crippen LogP contribution in [0.15, 0.2) is 40.8 Å². The second-order valence-corrected chi connectivity index (χ2v) is 4.89. The Morgan fingerprint density at radius 2 is 1.95 bits per heavy atom. The lowest BCUT2D eigenvalue weighted by Crippen LogP contribution is -2.06. The third-order valence-corrected chi connectivity index (χ3v) is 3.08. The Kier molecular flexibility index (Phi) is 2.86. The van der Waals surface area contributed by atoms with Gasteiger partial charge in [0.05, 0.1) is 11.7 Å². The number of hydrogen-bond acceptors (Lipinski definition) is 3. The van der Waals surface area contributed by atoms with Gasteiger partial charge >= 0.3 is 5.97 Å². The molecule has 20 heavy (non-hydrogen) atoms. The lowest BCUT2D eigenvalue weighted by molar-refractivity contribution is 0.0699. The molecular formula is C16H14O4. The minimum absolute atomic E-state index is 0.0120. The fourth-order valence-corrected chi connectivity index (χ4v) is 2.33. The van der Waals surface area contributed by atoms with Crippen LogP contribution in [-0.2, 0) is 0 Å². The minimum atomic E-state index is -0.974. The largest absolute Gasteiger partial charge is 0.487 e. The molecule has 0 fully saturated rings. The summed E-state index contributed by atoms with van der Waals surface area (Å²) in [4.78, 5) is 11.4. The SMILES string of the molecule is CC(C)Oc1ccc(C(=O)O)c2c1oc1ccccc12. The Balaban J connectivity index is 2.41.